The topological polar surface area (TPSA) is 267 Å². The van der Waals surface area contributed by atoms with Gasteiger partial charge in [0.25, 0.3) is 5.91 Å². The molecule has 6 aromatic heterocycles. The van der Waals surface area contributed by atoms with Crippen molar-refractivity contribution in [3.05, 3.63) is 83.9 Å². The average molecular weight is 1240 g/mol. The van der Waals surface area contributed by atoms with Gasteiger partial charge < -0.3 is 54.0 Å². The van der Waals surface area contributed by atoms with Crippen molar-refractivity contribution >= 4 is 84.0 Å². The minimum atomic E-state index is -1.27. The number of morpholine rings is 2. The van der Waals surface area contributed by atoms with Crippen LogP contribution in [-0.4, -0.2) is 180 Å². The Balaban J connectivity index is 0.000000210. The number of carbonyl (C=O) groups excluding carboxylic acids is 3. The number of nitrogens with zero attached hydrogens (tertiary/aromatic N) is 12. The number of aromatic nitrogens is 10. The molecule has 87 heavy (non-hydrogen) atoms. The first-order chi connectivity index (χ1) is 40.9. The van der Waals surface area contributed by atoms with E-state index in [2.05, 4.69) is 64.6 Å². The number of aromatic carboxylic acids is 1. The predicted octanol–water partition coefficient (Wildman–Crippen LogP) is 8.49. The fourth-order valence-corrected chi connectivity index (χ4v) is 10.9. The van der Waals surface area contributed by atoms with Crippen LogP contribution in [0.2, 0.25) is 51.4 Å². The summed E-state index contributed by atoms with van der Waals surface area (Å²) in [7, 11) is -2.54. The van der Waals surface area contributed by atoms with E-state index >= 15 is 0 Å². The van der Waals surface area contributed by atoms with Crippen molar-refractivity contribution in [1.82, 2.24) is 63.7 Å². The first kappa shape index (κ1) is 65.6. The van der Waals surface area contributed by atoms with E-state index in [-0.39, 0.29) is 60.9 Å². The van der Waals surface area contributed by atoms with Gasteiger partial charge in [0.05, 0.1) is 55.4 Å². The molecule has 2 aliphatic rings. The maximum absolute atomic E-state index is 14.4. The summed E-state index contributed by atoms with van der Waals surface area (Å²) in [4.78, 5) is 73.5. The van der Waals surface area contributed by atoms with Crippen molar-refractivity contribution in [2.24, 2.45) is 5.73 Å². The van der Waals surface area contributed by atoms with Gasteiger partial charge in [0, 0.05) is 89.8 Å². The van der Waals surface area contributed by atoms with E-state index in [1.807, 2.05) is 41.5 Å². The quantitative estimate of drug-likeness (QED) is 0.0537. The zero-order valence-electron chi connectivity index (χ0n) is 52.0. The van der Waals surface area contributed by atoms with Crippen LogP contribution in [0.15, 0.2) is 61.2 Å². The van der Waals surface area contributed by atoms with E-state index in [4.69, 9.17) is 34.8 Å². The molecule has 3 amide bonds. The predicted molar refractivity (Wildman–Crippen MR) is 334 cm³/mol. The minimum absolute atomic E-state index is 0. The Hall–Kier alpha value is -7.41. The molecule has 2 fully saturated rings. The third-order valence-electron chi connectivity index (χ3n) is 13.8. The molecule has 0 spiro atoms. The molecule has 2 aliphatic heterocycles. The molecule has 0 saturated carbocycles. The Morgan fingerprint density at radius 1 is 0.644 bits per heavy atom. The average Bonchev–Trinajstić information content (AvgIpc) is 1.77. The van der Waals surface area contributed by atoms with E-state index in [1.54, 1.807) is 43.5 Å². The maximum Gasteiger partial charge on any atom is 0.339 e. The molecule has 10 rings (SSSR count). The fourth-order valence-electron chi connectivity index (χ4n) is 9.34. The first-order valence-electron chi connectivity index (χ1n) is 29.2. The van der Waals surface area contributed by atoms with Gasteiger partial charge in [-0.25, -0.2) is 33.5 Å². The van der Waals surface area contributed by atoms with E-state index in [1.165, 1.54) is 46.0 Å². The van der Waals surface area contributed by atoms with E-state index in [9.17, 15) is 33.1 Å². The Labute approximate surface area is 506 Å². The molecule has 4 N–H and O–H groups in total. The fraction of sp³-hybridized carbons (Fsp3) is 0.500. The van der Waals surface area contributed by atoms with Gasteiger partial charge in [-0.2, -0.15) is 10.2 Å². The van der Waals surface area contributed by atoms with Gasteiger partial charge >= 0.3 is 5.97 Å². The van der Waals surface area contributed by atoms with E-state index in [0.29, 0.717) is 133 Å². The summed E-state index contributed by atoms with van der Waals surface area (Å²) in [6.07, 6.45) is 6.28. The Morgan fingerprint density at radius 2 is 1.03 bits per heavy atom. The van der Waals surface area contributed by atoms with Crippen LogP contribution >= 0.6 is 0 Å². The molecule has 0 atom stereocenters. The number of hydrogen-bond donors (Lipinski definition) is 3. The standard InChI is InChI=1S/C30H40FN7O4Si.C26H31FN6O5Si.C4H11N/c1-30(2,3)34-29(40)22-17-37(19-42-13-14-43(4,5)6)28-27(22)33-23(16-32-28)26-21-8-7-20(31)15-24(21)38(35-26)18-25(39)36-9-11-41-12-10-36;1-39(2,3)11-10-38-16-32-14-19(26(35)36)24-25(32)28-13-20(29-24)23-18-5-4-17(27)12-21(18)33(30-23)15-22(34)31-6-8-37-9-7-31;1-4(2,3)5/h7-8,15-17H,9-14,18-19H2,1-6H3,(H,34,40);4-5,12-14H,6-11,15-16H2,1-3H3,(H,35,36);5H2,1-3H3. The summed E-state index contributed by atoms with van der Waals surface area (Å²) in [5.74, 6) is -2.60. The second-order valence-corrected chi connectivity index (χ2v) is 37.5. The van der Waals surface area contributed by atoms with Crippen LogP contribution in [0.3, 0.4) is 0 Å². The Bertz CT molecular complexity index is 3760. The van der Waals surface area contributed by atoms with Gasteiger partial charge in [0.2, 0.25) is 11.8 Å². The third kappa shape index (κ3) is 17.7. The van der Waals surface area contributed by atoms with Gasteiger partial charge in [-0.1, -0.05) is 39.3 Å². The third-order valence-corrected chi connectivity index (χ3v) is 17.2. The molecule has 0 radical (unpaired) electrons. The summed E-state index contributed by atoms with van der Waals surface area (Å²) in [6, 6.07) is 10.5. The number of carbonyl (C=O) groups is 4. The van der Waals surface area contributed by atoms with Crippen LogP contribution in [0, 0.1) is 11.6 Å². The molecule has 2 aromatic carbocycles. The number of carboxylic acids is 1. The van der Waals surface area contributed by atoms with Crippen LogP contribution < -0.4 is 11.1 Å². The summed E-state index contributed by atoms with van der Waals surface area (Å²) in [6.45, 7) is 30.6. The van der Waals surface area contributed by atoms with Crippen molar-refractivity contribution < 1.29 is 52.0 Å². The number of nitrogens with one attached hydrogen (secondary N) is 1. The van der Waals surface area contributed by atoms with Crippen molar-refractivity contribution in [1.29, 1.82) is 0 Å². The molecule has 8 heterocycles. The maximum atomic E-state index is 14.4. The lowest BCUT2D eigenvalue weighted by Gasteiger charge is -2.26. The van der Waals surface area contributed by atoms with E-state index in [0.717, 1.165) is 12.1 Å². The summed E-state index contributed by atoms with van der Waals surface area (Å²) in [5.41, 5.74) is 9.18. The van der Waals surface area contributed by atoms with Crippen LogP contribution in [0.25, 0.3) is 66.9 Å². The van der Waals surface area contributed by atoms with Gasteiger partial charge in [-0.15, -0.1) is 0 Å². The van der Waals surface area contributed by atoms with Gasteiger partial charge in [-0.05, 0) is 90.0 Å². The minimum Gasteiger partial charge on any atom is -0.478 e. The number of rotatable bonds is 18. The Morgan fingerprint density at radius 3 is 1.41 bits per heavy atom. The zero-order valence-corrected chi connectivity index (χ0v) is 54.0. The number of fused-ring (bicyclic) bond motifs is 4. The molecule has 2 saturated heterocycles. The number of halogens is 2. The molecule has 27 heteroatoms. The normalized spacial score (nSPS) is 14.3. The molecule has 0 bridgehead atoms. The largest absolute Gasteiger partial charge is 0.478 e. The molecule has 23 nitrogen and oxygen atoms in total. The van der Waals surface area contributed by atoms with Gasteiger partial charge in [-0.3, -0.25) is 23.7 Å². The molecule has 0 unspecified atom stereocenters. The number of amides is 3. The number of hydrogen-bond acceptors (Lipinski definition) is 15. The summed E-state index contributed by atoms with van der Waals surface area (Å²) < 4.78 is 57.4. The number of ether oxygens (including phenoxy) is 4. The first-order valence-corrected chi connectivity index (χ1v) is 36.6. The van der Waals surface area contributed by atoms with Crippen LogP contribution in [-0.2, 0) is 55.1 Å². The molecular weight excluding hydrogens is 1150 g/mol. The zero-order chi connectivity index (χ0) is 63.2. The summed E-state index contributed by atoms with van der Waals surface area (Å²) in [5, 5.41) is 23.4. The van der Waals surface area contributed by atoms with Crippen molar-refractivity contribution in [2.45, 2.75) is 131 Å². The van der Waals surface area contributed by atoms with Crippen LogP contribution in [0.5, 0.6) is 0 Å². The highest BCUT2D eigenvalue weighted by Gasteiger charge is 2.28. The number of benzene rings is 2. The van der Waals surface area contributed by atoms with Crippen molar-refractivity contribution in [3.8, 4) is 22.8 Å². The van der Waals surface area contributed by atoms with Crippen LogP contribution in [0.1, 0.15) is 62.3 Å². The highest BCUT2D eigenvalue weighted by Crippen LogP contribution is 2.32. The molecule has 468 valence electrons. The van der Waals surface area contributed by atoms with Crippen molar-refractivity contribution in [2.75, 3.05) is 65.8 Å². The van der Waals surface area contributed by atoms with Gasteiger partial charge in [0.15, 0.2) is 11.3 Å². The smallest absolute Gasteiger partial charge is 0.339 e. The second kappa shape index (κ2) is 27.3. The molecule has 0 aliphatic carbocycles. The van der Waals surface area contributed by atoms with Crippen LogP contribution in [0.4, 0.5) is 8.78 Å². The number of carboxylic acid groups (broad SMARTS) is 1. The molecular formula is C60H82F2N14O9Si2. The Kier molecular flexibility index (Phi) is 20.6. The second-order valence-electron chi connectivity index (χ2n) is 26.3. The monoisotopic (exact) mass is 1240 g/mol. The lowest BCUT2D eigenvalue weighted by atomic mass is 10.1. The number of nitrogens with two attached hydrogens (primary N) is 1. The SMILES string of the molecule is CC(C)(C)N.CC(C)(C)NC(=O)c1cn(COCC[Si](C)(C)C)c2ncc(-c3nn(CC(=O)N4CCOCC4)c4cc(F)ccc34)nc12.C[Si](C)(C)CCOCn1cc(C(=O)O)c2nc(-c3nn(CC(=O)N4CCOCC4)c4cc(F)ccc34)cnc21. The van der Waals surface area contributed by atoms with E-state index < -0.39 is 39.3 Å². The summed E-state index contributed by atoms with van der Waals surface area (Å²) >= 11 is 0. The molecule has 8 aromatic rings. The highest BCUT2D eigenvalue weighted by atomic mass is 28.3. The van der Waals surface area contributed by atoms with Gasteiger partial charge in [0.1, 0.15) is 77.6 Å². The highest BCUT2D eigenvalue weighted by molar-refractivity contribution is 6.76. The van der Waals surface area contributed by atoms with Crippen molar-refractivity contribution in [3.63, 3.8) is 0 Å². The lowest BCUT2D eigenvalue weighted by Crippen LogP contribution is -2.42. The lowest BCUT2D eigenvalue weighted by molar-refractivity contribution is -0.136.